The molecule has 5 aromatic carbocycles. The van der Waals surface area contributed by atoms with Gasteiger partial charge in [-0.1, -0.05) is 72.8 Å². The molecule has 6 heteroatoms. The molecule has 0 aliphatic rings. The number of nitrogens with one attached hydrogen (secondary N) is 1. The van der Waals surface area contributed by atoms with Gasteiger partial charge in [0.15, 0.2) is 0 Å². The first kappa shape index (κ1) is 25.6. The van der Waals surface area contributed by atoms with E-state index in [4.69, 9.17) is 15.5 Å². The van der Waals surface area contributed by atoms with Crippen molar-refractivity contribution in [3.63, 3.8) is 0 Å². The molecule has 0 atom stereocenters. The van der Waals surface area contributed by atoms with Gasteiger partial charge in [0.2, 0.25) is 5.91 Å². The fraction of sp³-hybridized carbons (Fsp3) is 0.0286. The number of para-hydroxylation sites is 4. The number of nitrogen functional groups attached to an aromatic ring is 1. The maximum atomic E-state index is 12.5. The summed E-state index contributed by atoms with van der Waals surface area (Å²) in [4.78, 5) is 17.5. The van der Waals surface area contributed by atoms with Crippen molar-refractivity contribution in [2.24, 2.45) is 0 Å². The van der Waals surface area contributed by atoms with Gasteiger partial charge in [-0.2, -0.15) is 0 Å². The third kappa shape index (κ3) is 5.87. The van der Waals surface area contributed by atoms with Crippen LogP contribution in [0.4, 0.5) is 11.4 Å². The summed E-state index contributed by atoms with van der Waals surface area (Å²) in [5.74, 6) is 1.35. The summed E-state index contributed by atoms with van der Waals surface area (Å²) in [5, 5.41) is 2.82. The van der Waals surface area contributed by atoms with E-state index < -0.39 is 0 Å². The third-order valence-electron chi connectivity index (χ3n) is 6.69. The van der Waals surface area contributed by atoms with E-state index in [1.165, 1.54) is 6.08 Å². The lowest BCUT2D eigenvalue weighted by molar-refractivity contribution is -0.111. The second-order valence-corrected chi connectivity index (χ2v) is 9.56. The Morgan fingerprint density at radius 2 is 1.59 bits per heavy atom. The minimum atomic E-state index is -0.255. The van der Waals surface area contributed by atoms with Crippen molar-refractivity contribution >= 4 is 34.4 Å². The average Bonchev–Trinajstić information content (AvgIpc) is 3.41. The van der Waals surface area contributed by atoms with Gasteiger partial charge in [-0.05, 0) is 71.8 Å². The van der Waals surface area contributed by atoms with Crippen molar-refractivity contribution in [2.45, 2.75) is 6.61 Å². The smallest absolute Gasteiger partial charge is 0.248 e. The van der Waals surface area contributed by atoms with Crippen molar-refractivity contribution in [1.29, 1.82) is 0 Å². The molecule has 0 bridgehead atoms. The van der Waals surface area contributed by atoms with E-state index in [9.17, 15) is 4.79 Å². The number of nitrogens with two attached hydrogens (primary N) is 1. The molecule has 6 aromatic rings. The number of rotatable bonds is 8. The van der Waals surface area contributed by atoms with Gasteiger partial charge < -0.3 is 15.8 Å². The Morgan fingerprint density at radius 3 is 2.41 bits per heavy atom. The van der Waals surface area contributed by atoms with Crippen molar-refractivity contribution in [2.75, 3.05) is 11.1 Å². The Balaban J connectivity index is 1.27. The summed E-state index contributed by atoms with van der Waals surface area (Å²) >= 11 is 0. The highest BCUT2D eigenvalue weighted by atomic mass is 16.5. The maximum absolute atomic E-state index is 12.5. The molecule has 1 heterocycles. The van der Waals surface area contributed by atoms with Crippen LogP contribution in [0.25, 0.3) is 34.2 Å². The van der Waals surface area contributed by atoms with Crippen LogP contribution < -0.4 is 15.8 Å². The zero-order valence-corrected chi connectivity index (χ0v) is 22.3. The molecular formula is C35H28N4O2. The first-order valence-corrected chi connectivity index (χ1v) is 13.3. The lowest BCUT2D eigenvalue weighted by atomic mass is 10.1. The fourth-order valence-electron chi connectivity index (χ4n) is 4.65. The van der Waals surface area contributed by atoms with Crippen LogP contribution in [0.15, 0.2) is 133 Å². The number of imidazole rings is 1. The van der Waals surface area contributed by atoms with Gasteiger partial charge in [-0.25, -0.2) is 4.98 Å². The van der Waals surface area contributed by atoms with Crippen LogP contribution >= 0.6 is 0 Å². The molecule has 1 amide bonds. The van der Waals surface area contributed by atoms with Crippen LogP contribution in [0.1, 0.15) is 11.1 Å². The van der Waals surface area contributed by atoms with Gasteiger partial charge in [-0.15, -0.1) is 0 Å². The van der Waals surface area contributed by atoms with Crippen LogP contribution in [0.5, 0.6) is 5.75 Å². The molecule has 3 N–H and O–H groups in total. The quantitative estimate of drug-likeness (QED) is 0.156. The first-order chi connectivity index (χ1) is 20.1. The molecule has 0 saturated heterocycles. The second kappa shape index (κ2) is 11.6. The highest BCUT2D eigenvalue weighted by Gasteiger charge is 2.14. The lowest BCUT2D eigenvalue weighted by Gasteiger charge is -2.12. The summed E-state index contributed by atoms with van der Waals surface area (Å²) in [7, 11) is 0. The van der Waals surface area contributed by atoms with Gasteiger partial charge >= 0.3 is 0 Å². The van der Waals surface area contributed by atoms with E-state index in [-0.39, 0.29) is 5.91 Å². The minimum Gasteiger partial charge on any atom is -0.489 e. The number of amides is 1. The van der Waals surface area contributed by atoms with Gasteiger partial charge in [0.1, 0.15) is 18.2 Å². The number of anilines is 2. The van der Waals surface area contributed by atoms with Crippen molar-refractivity contribution in [3.8, 4) is 22.8 Å². The lowest BCUT2D eigenvalue weighted by Crippen LogP contribution is -2.09. The number of fused-ring (bicyclic) bond motifs is 1. The standard InChI is InChI=1S/C35H28N4O2/c36-30-13-4-5-14-31(30)37-34(40)22-17-25-11-8-12-27(23-25)35-38-32-15-6-7-16-33(32)39(35)28-18-20-29(21-19-28)41-24-26-9-2-1-3-10-26/h1-23H,24,36H2,(H,37,40). The SMILES string of the molecule is Nc1ccccc1NC(=O)C=Cc1cccc(-c2nc3ccccc3n2-c2ccc(OCc3ccccc3)cc2)c1. The number of carbonyl (C=O) groups is 1. The molecule has 0 saturated carbocycles. The normalized spacial score (nSPS) is 11.1. The largest absolute Gasteiger partial charge is 0.489 e. The average molecular weight is 537 g/mol. The summed E-state index contributed by atoms with van der Waals surface area (Å²) in [6, 6.07) is 41.4. The zero-order chi connectivity index (χ0) is 28.0. The Kier molecular flexibility index (Phi) is 7.28. The van der Waals surface area contributed by atoms with Crippen LogP contribution in [0, 0.1) is 0 Å². The summed E-state index contributed by atoms with van der Waals surface area (Å²) in [5.41, 5.74) is 12.8. The molecular weight excluding hydrogens is 508 g/mol. The Hall–Kier alpha value is -5.62. The monoisotopic (exact) mass is 536 g/mol. The molecule has 0 spiro atoms. The van der Waals surface area contributed by atoms with E-state index in [2.05, 4.69) is 16.0 Å². The third-order valence-corrected chi connectivity index (χ3v) is 6.69. The van der Waals surface area contributed by atoms with Crippen molar-refractivity contribution in [3.05, 3.63) is 145 Å². The van der Waals surface area contributed by atoms with Gasteiger partial charge in [-0.3, -0.25) is 9.36 Å². The minimum absolute atomic E-state index is 0.255. The van der Waals surface area contributed by atoms with Crippen LogP contribution in [0.2, 0.25) is 0 Å². The number of benzene rings is 5. The number of nitrogens with zero attached hydrogens (tertiary/aromatic N) is 2. The molecule has 0 aliphatic carbocycles. The summed E-state index contributed by atoms with van der Waals surface area (Å²) < 4.78 is 8.14. The van der Waals surface area contributed by atoms with Crippen molar-refractivity contribution < 1.29 is 9.53 Å². The molecule has 1 aromatic heterocycles. The maximum Gasteiger partial charge on any atom is 0.248 e. The molecule has 6 rings (SSSR count). The predicted molar refractivity (Wildman–Crippen MR) is 166 cm³/mol. The van der Waals surface area contributed by atoms with E-state index in [0.717, 1.165) is 45.0 Å². The van der Waals surface area contributed by atoms with Gasteiger partial charge in [0, 0.05) is 17.3 Å². The number of hydrogen-bond donors (Lipinski definition) is 2. The van der Waals surface area contributed by atoms with Crippen LogP contribution in [-0.4, -0.2) is 15.5 Å². The molecule has 0 fully saturated rings. The second-order valence-electron chi connectivity index (χ2n) is 9.56. The fourth-order valence-corrected chi connectivity index (χ4v) is 4.65. The highest BCUT2D eigenvalue weighted by Crippen LogP contribution is 2.30. The van der Waals surface area contributed by atoms with E-state index in [1.807, 2.05) is 109 Å². The summed E-state index contributed by atoms with van der Waals surface area (Å²) in [6.07, 6.45) is 3.28. The van der Waals surface area contributed by atoms with E-state index in [0.29, 0.717) is 18.0 Å². The zero-order valence-electron chi connectivity index (χ0n) is 22.3. The van der Waals surface area contributed by atoms with E-state index >= 15 is 0 Å². The topological polar surface area (TPSA) is 82.2 Å². The number of aromatic nitrogens is 2. The van der Waals surface area contributed by atoms with Gasteiger partial charge in [0.05, 0.1) is 22.4 Å². The molecule has 0 unspecified atom stereocenters. The predicted octanol–water partition coefficient (Wildman–Crippen LogP) is 7.51. The number of carbonyl (C=O) groups excluding carboxylic acids is 1. The Bertz CT molecular complexity index is 1840. The van der Waals surface area contributed by atoms with E-state index in [1.54, 1.807) is 18.2 Å². The molecule has 200 valence electrons. The molecule has 41 heavy (non-hydrogen) atoms. The highest BCUT2D eigenvalue weighted by molar-refractivity contribution is 6.03. The molecule has 0 aliphatic heterocycles. The molecule has 0 radical (unpaired) electrons. The summed E-state index contributed by atoms with van der Waals surface area (Å²) in [6.45, 7) is 0.510. The van der Waals surface area contributed by atoms with Crippen molar-refractivity contribution in [1.82, 2.24) is 9.55 Å². The van der Waals surface area contributed by atoms with Crippen LogP contribution in [0.3, 0.4) is 0 Å². The number of hydrogen-bond acceptors (Lipinski definition) is 4. The van der Waals surface area contributed by atoms with Gasteiger partial charge in [0.25, 0.3) is 0 Å². The molecule has 6 nitrogen and oxygen atoms in total. The number of ether oxygens (including phenoxy) is 1. The Labute approximate surface area is 238 Å². The van der Waals surface area contributed by atoms with Crippen LogP contribution in [-0.2, 0) is 11.4 Å². The first-order valence-electron chi connectivity index (χ1n) is 13.3. The Morgan fingerprint density at radius 1 is 0.829 bits per heavy atom.